The first-order valence-electron chi connectivity index (χ1n) is 11.3. The lowest BCUT2D eigenvalue weighted by Crippen LogP contribution is -2.32. The fourth-order valence-electron chi connectivity index (χ4n) is 4.39. The van der Waals surface area contributed by atoms with Gasteiger partial charge < -0.3 is 4.90 Å². The number of imidazole rings is 1. The summed E-state index contributed by atoms with van der Waals surface area (Å²) in [4.78, 5) is 22.9. The minimum atomic E-state index is -4.64. The van der Waals surface area contributed by atoms with Crippen LogP contribution in [0.2, 0.25) is 0 Å². The van der Waals surface area contributed by atoms with Crippen LogP contribution < -0.4 is 0 Å². The van der Waals surface area contributed by atoms with E-state index in [1.165, 1.54) is 18.5 Å². The van der Waals surface area contributed by atoms with Gasteiger partial charge >= 0.3 is 6.18 Å². The molecule has 190 valence electrons. The van der Waals surface area contributed by atoms with E-state index in [1.807, 2.05) is 0 Å². The molecule has 0 aliphatic carbocycles. The van der Waals surface area contributed by atoms with E-state index in [0.29, 0.717) is 17.8 Å². The number of fused-ring (bicyclic) bond motifs is 2. The van der Waals surface area contributed by atoms with E-state index in [-0.39, 0.29) is 33.6 Å². The molecular weight excluding hydrogens is 490 g/mol. The van der Waals surface area contributed by atoms with Crippen LogP contribution in [0, 0.1) is 0 Å². The van der Waals surface area contributed by atoms with Crippen LogP contribution >= 0.6 is 0 Å². The van der Waals surface area contributed by atoms with Gasteiger partial charge in [-0.15, -0.1) is 0 Å². The molecule has 1 aliphatic rings. The molecule has 5 heterocycles. The summed E-state index contributed by atoms with van der Waals surface area (Å²) in [6.45, 7) is 1.05. The number of carbonyl (C=O) groups excluding carboxylic acids is 1. The summed E-state index contributed by atoms with van der Waals surface area (Å²) in [6, 6.07) is 3.21. The number of hydrogen-bond donors (Lipinski definition) is 0. The SMILES string of the molecule is O=C(c1cc2c(cn1)c(-c1cnc3ccc(C(F)(F)F)cn13)nn2C(F)C(F)F)N1CCCCCC1. The van der Waals surface area contributed by atoms with Crippen molar-refractivity contribution in [3.05, 3.63) is 48.0 Å². The van der Waals surface area contributed by atoms with Gasteiger partial charge in [0, 0.05) is 30.9 Å². The van der Waals surface area contributed by atoms with E-state index < -0.39 is 30.4 Å². The van der Waals surface area contributed by atoms with Gasteiger partial charge in [0.15, 0.2) is 0 Å². The molecule has 1 unspecified atom stereocenters. The monoisotopic (exact) mass is 510 g/mol. The minimum Gasteiger partial charge on any atom is -0.337 e. The smallest absolute Gasteiger partial charge is 0.337 e. The molecule has 0 aromatic carbocycles. The van der Waals surface area contributed by atoms with Gasteiger partial charge in [-0.05, 0) is 31.0 Å². The molecule has 0 saturated carbocycles. The fourth-order valence-corrected chi connectivity index (χ4v) is 4.39. The normalized spacial score (nSPS) is 16.1. The lowest BCUT2D eigenvalue weighted by molar-refractivity contribution is -0.137. The molecule has 7 nitrogen and oxygen atoms in total. The van der Waals surface area contributed by atoms with E-state index in [9.17, 15) is 31.1 Å². The van der Waals surface area contributed by atoms with Crippen LogP contribution in [0.4, 0.5) is 26.3 Å². The van der Waals surface area contributed by atoms with Crippen molar-refractivity contribution in [1.82, 2.24) is 29.0 Å². The molecule has 1 aliphatic heterocycles. The average Bonchev–Trinajstić information content (AvgIpc) is 3.32. The second-order valence-corrected chi connectivity index (χ2v) is 8.58. The van der Waals surface area contributed by atoms with Gasteiger partial charge in [-0.2, -0.15) is 18.3 Å². The number of nitrogens with zero attached hydrogens (tertiary/aromatic N) is 6. The summed E-state index contributed by atoms with van der Waals surface area (Å²) in [7, 11) is 0. The van der Waals surface area contributed by atoms with E-state index in [1.54, 1.807) is 4.90 Å². The number of amides is 1. The summed E-state index contributed by atoms with van der Waals surface area (Å²) in [6.07, 6.45) is -4.09. The molecule has 0 radical (unpaired) electrons. The second-order valence-electron chi connectivity index (χ2n) is 8.58. The highest BCUT2D eigenvalue weighted by Gasteiger charge is 2.32. The Morgan fingerprint density at radius 2 is 1.69 bits per heavy atom. The van der Waals surface area contributed by atoms with Crippen molar-refractivity contribution in [3.63, 3.8) is 0 Å². The van der Waals surface area contributed by atoms with Crippen molar-refractivity contribution >= 4 is 22.5 Å². The Morgan fingerprint density at radius 3 is 2.36 bits per heavy atom. The fraction of sp³-hybridized carbons (Fsp3) is 0.391. The topological polar surface area (TPSA) is 68.3 Å². The molecule has 4 aromatic heterocycles. The van der Waals surface area contributed by atoms with Gasteiger partial charge in [0.1, 0.15) is 17.0 Å². The average molecular weight is 510 g/mol. The summed E-state index contributed by atoms with van der Waals surface area (Å²) in [5.74, 6) is -0.412. The third-order valence-electron chi connectivity index (χ3n) is 6.22. The zero-order valence-corrected chi connectivity index (χ0v) is 18.7. The first-order chi connectivity index (χ1) is 17.1. The summed E-state index contributed by atoms with van der Waals surface area (Å²) in [5, 5.41) is 4.07. The number of hydrogen-bond acceptors (Lipinski definition) is 4. The summed E-state index contributed by atoms with van der Waals surface area (Å²) in [5.41, 5.74) is -1.08. The van der Waals surface area contributed by atoms with E-state index >= 15 is 0 Å². The van der Waals surface area contributed by atoms with Crippen LogP contribution in [-0.4, -0.2) is 54.5 Å². The number of rotatable bonds is 4. The number of likely N-dealkylation sites (tertiary alicyclic amines) is 1. The van der Waals surface area contributed by atoms with Crippen LogP contribution in [0.25, 0.3) is 27.9 Å². The van der Waals surface area contributed by atoms with Crippen molar-refractivity contribution in [2.45, 2.75) is 44.6 Å². The molecule has 0 bridgehead atoms. The molecule has 5 rings (SSSR count). The van der Waals surface area contributed by atoms with Crippen LogP contribution in [0.1, 0.15) is 48.0 Å². The largest absolute Gasteiger partial charge is 0.417 e. The maximum Gasteiger partial charge on any atom is 0.417 e. The number of aromatic nitrogens is 5. The summed E-state index contributed by atoms with van der Waals surface area (Å²) < 4.78 is 82.7. The molecule has 36 heavy (non-hydrogen) atoms. The molecule has 0 spiro atoms. The van der Waals surface area contributed by atoms with Gasteiger partial charge in [-0.1, -0.05) is 12.8 Å². The molecular formula is C23H20F6N6O. The molecule has 0 N–H and O–H groups in total. The van der Waals surface area contributed by atoms with Gasteiger partial charge in [0.2, 0.25) is 0 Å². The van der Waals surface area contributed by atoms with Crippen LogP contribution in [-0.2, 0) is 6.18 Å². The van der Waals surface area contributed by atoms with Gasteiger partial charge in [-0.25, -0.2) is 22.8 Å². The number of alkyl halides is 6. The van der Waals surface area contributed by atoms with Crippen LogP contribution in [0.15, 0.2) is 36.8 Å². The van der Waals surface area contributed by atoms with Crippen molar-refractivity contribution in [3.8, 4) is 11.4 Å². The highest BCUT2D eigenvalue weighted by Crippen LogP contribution is 2.34. The lowest BCUT2D eigenvalue weighted by Gasteiger charge is -2.19. The number of pyridine rings is 2. The Bertz CT molecular complexity index is 1420. The van der Waals surface area contributed by atoms with Crippen LogP contribution in [0.5, 0.6) is 0 Å². The predicted molar refractivity (Wildman–Crippen MR) is 117 cm³/mol. The van der Waals surface area contributed by atoms with Crippen molar-refractivity contribution < 1.29 is 31.1 Å². The van der Waals surface area contributed by atoms with Gasteiger partial charge in [0.25, 0.3) is 18.6 Å². The summed E-state index contributed by atoms with van der Waals surface area (Å²) >= 11 is 0. The first kappa shape index (κ1) is 24.1. The van der Waals surface area contributed by atoms with Gasteiger partial charge in [-0.3, -0.25) is 14.2 Å². The van der Waals surface area contributed by atoms with Crippen molar-refractivity contribution in [1.29, 1.82) is 0 Å². The predicted octanol–water partition coefficient (Wildman–Crippen LogP) is 5.51. The number of halogens is 6. The highest BCUT2D eigenvalue weighted by atomic mass is 19.4. The third-order valence-corrected chi connectivity index (χ3v) is 6.22. The Labute approximate surface area is 200 Å². The second kappa shape index (κ2) is 9.10. The molecule has 1 fully saturated rings. The zero-order chi connectivity index (χ0) is 25.6. The maximum absolute atomic E-state index is 14.6. The third kappa shape index (κ3) is 4.26. The maximum atomic E-state index is 14.6. The van der Waals surface area contributed by atoms with Gasteiger partial charge in [0.05, 0.1) is 23.0 Å². The minimum absolute atomic E-state index is 0.0229. The van der Waals surface area contributed by atoms with Crippen molar-refractivity contribution in [2.75, 3.05) is 13.1 Å². The Kier molecular flexibility index (Phi) is 6.08. The van der Waals surface area contributed by atoms with E-state index in [4.69, 9.17) is 0 Å². The molecule has 4 aromatic rings. The Balaban J connectivity index is 1.65. The zero-order valence-electron chi connectivity index (χ0n) is 18.7. The quantitative estimate of drug-likeness (QED) is 0.340. The highest BCUT2D eigenvalue weighted by molar-refractivity contribution is 5.99. The molecule has 1 atom stereocenters. The lowest BCUT2D eigenvalue weighted by atomic mass is 10.2. The molecule has 1 amide bonds. The van der Waals surface area contributed by atoms with E-state index in [0.717, 1.165) is 48.4 Å². The Hall–Kier alpha value is -3.64. The standard InChI is InChI=1S/C23H20F6N6O/c24-20(25)21(26)35-16-9-15(22(36)33-7-3-1-2-4-8-33)30-10-14(16)19(32-35)17-11-31-18-6-5-13(12-34(17)18)23(27,28)29/h5-6,9-12,20-21H,1-4,7-8H2. The Morgan fingerprint density at radius 1 is 0.972 bits per heavy atom. The molecule has 13 heteroatoms. The first-order valence-corrected chi connectivity index (χ1v) is 11.3. The van der Waals surface area contributed by atoms with Crippen molar-refractivity contribution in [2.24, 2.45) is 0 Å². The van der Waals surface area contributed by atoms with Crippen LogP contribution in [0.3, 0.4) is 0 Å². The van der Waals surface area contributed by atoms with E-state index in [2.05, 4.69) is 15.1 Å². The number of carbonyl (C=O) groups is 1. The molecule has 1 saturated heterocycles.